The Morgan fingerprint density at radius 3 is 2.67 bits per heavy atom. The molecule has 52 valence electrons. The summed E-state index contributed by atoms with van der Waals surface area (Å²) in [5, 5.41) is 0. The molecule has 0 aromatic heterocycles. The van der Waals surface area contributed by atoms with Gasteiger partial charge in [-0.1, -0.05) is 0 Å². The maximum Gasteiger partial charge on any atom is 0.320 e. The second kappa shape index (κ2) is 4.45. The second-order valence-electron chi connectivity index (χ2n) is 1.53. The van der Waals surface area contributed by atoms with Gasteiger partial charge in [0.2, 0.25) is 0 Å². The topological polar surface area (TPSA) is 43.4 Å². The van der Waals surface area contributed by atoms with Crippen LogP contribution in [0.25, 0.3) is 0 Å². The number of hydrogen-bond acceptors (Lipinski definition) is 3. The number of esters is 1. The summed E-state index contributed by atoms with van der Waals surface area (Å²) in [5.41, 5.74) is -0.523. The fourth-order valence-electron chi connectivity index (χ4n) is 0.306. The first kappa shape index (κ1) is 8.57. The van der Waals surface area contributed by atoms with Gasteiger partial charge in [0.1, 0.15) is 5.66 Å². The largest absolute Gasteiger partial charge is 0.465 e. The van der Waals surface area contributed by atoms with Gasteiger partial charge in [-0.05, 0) is 13.8 Å². The highest BCUT2D eigenvalue weighted by Crippen LogP contribution is 2.05. The van der Waals surface area contributed by atoms with Crippen molar-refractivity contribution in [2.45, 2.75) is 19.5 Å². The maximum absolute atomic E-state index is 10.5. The summed E-state index contributed by atoms with van der Waals surface area (Å²) < 4.78 is 14.6. The summed E-state index contributed by atoms with van der Waals surface area (Å²) in [6, 6.07) is 0. The van der Waals surface area contributed by atoms with E-state index >= 15 is 0 Å². The zero-order chi connectivity index (χ0) is 7.28. The van der Waals surface area contributed by atoms with Crippen LogP contribution in [-0.2, 0) is 14.1 Å². The monoisotopic (exact) mass is 148 g/mol. The van der Waals surface area contributed by atoms with E-state index in [-0.39, 0.29) is 8.46 Å². The van der Waals surface area contributed by atoms with Crippen LogP contribution in [0.4, 0.5) is 0 Å². The smallest absolute Gasteiger partial charge is 0.320 e. The van der Waals surface area contributed by atoms with Crippen molar-refractivity contribution in [1.82, 2.24) is 0 Å². The predicted molar refractivity (Wildman–Crippen MR) is 33.7 cm³/mol. The van der Waals surface area contributed by atoms with E-state index in [0.29, 0.717) is 6.61 Å². The Labute approximate surface area is 55.6 Å². The lowest BCUT2D eigenvalue weighted by Gasteiger charge is -2.00. The molecule has 0 fully saturated rings. The number of hydrogen-bond donors (Lipinski definition) is 0. The summed E-state index contributed by atoms with van der Waals surface area (Å²) in [6.45, 7) is 3.61. The number of carbonyl (C=O) groups is 1. The highest BCUT2D eigenvalue weighted by atomic mass is 31.1. The Bertz CT molecular complexity index is 113. The molecule has 9 heavy (non-hydrogen) atoms. The van der Waals surface area contributed by atoms with Gasteiger partial charge in [0, 0.05) is 0 Å². The van der Waals surface area contributed by atoms with Gasteiger partial charge in [0.25, 0.3) is 0 Å². The third-order valence-corrected chi connectivity index (χ3v) is 1.31. The van der Waals surface area contributed by atoms with Crippen molar-refractivity contribution >= 4 is 14.4 Å². The molecule has 4 heteroatoms. The lowest BCUT2D eigenvalue weighted by molar-refractivity contribution is -0.142. The molecule has 0 spiro atoms. The van der Waals surface area contributed by atoms with E-state index in [1.807, 2.05) is 0 Å². The highest BCUT2D eigenvalue weighted by Gasteiger charge is 2.12. The molecule has 0 N–H and O–H groups in total. The molecule has 0 aromatic rings. The van der Waals surface area contributed by atoms with Crippen molar-refractivity contribution in [3.63, 3.8) is 0 Å². The Morgan fingerprint density at radius 2 is 2.33 bits per heavy atom. The van der Waals surface area contributed by atoms with E-state index in [1.54, 1.807) is 13.8 Å². The van der Waals surface area contributed by atoms with Crippen LogP contribution in [0.1, 0.15) is 13.8 Å². The quantitative estimate of drug-likeness (QED) is 0.446. The van der Waals surface area contributed by atoms with E-state index in [0.717, 1.165) is 0 Å². The van der Waals surface area contributed by atoms with Gasteiger partial charge in [-0.25, -0.2) is 0 Å². The van der Waals surface area contributed by atoms with Crippen LogP contribution < -0.4 is 0 Å². The molecule has 0 aromatic carbocycles. The van der Waals surface area contributed by atoms with Crippen molar-refractivity contribution in [3.8, 4) is 0 Å². The zero-order valence-electron chi connectivity index (χ0n) is 5.46. The van der Waals surface area contributed by atoms with Crippen molar-refractivity contribution in [2.75, 3.05) is 6.61 Å². The highest BCUT2D eigenvalue weighted by molar-refractivity contribution is 7.26. The number of ether oxygens (including phenoxy) is 1. The minimum Gasteiger partial charge on any atom is -0.465 e. The average molecular weight is 148 g/mol. The molecule has 1 atom stereocenters. The molecule has 0 bridgehead atoms. The lowest BCUT2D eigenvalue weighted by atomic mass is 10.5. The second-order valence-corrected chi connectivity index (χ2v) is 2.52. The standard InChI is InChI=1S/C5H9O3P/c1-3-8-5(6)4(2)9-7/h4H,3H2,1-2H3/t4-/m0/s1. The van der Waals surface area contributed by atoms with Crippen LogP contribution in [0.3, 0.4) is 0 Å². The van der Waals surface area contributed by atoms with Crippen LogP contribution in [-0.4, -0.2) is 18.2 Å². The fourth-order valence-corrected chi connectivity index (χ4v) is 0.466. The molecule has 0 aliphatic heterocycles. The van der Waals surface area contributed by atoms with Crippen LogP contribution >= 0.6 is 8.46 Å². The van der Waals surface area contributed by atoms with Gasteiger partial charge >= 0.3 is 5.97 Å². The third-order valence-electron chi connectivity index (χ3n) is 0.786. The molecule has 0 aliphatic rings. The van der Waals surface area contributed by atoms with E-state index in [1.165, 1.54) is 0 Å². The Balaban J connectivity index is 3.58. The van der Waals surface area contributed by atoms with Gasteiger partial charge in [0.05, 0.1) is 6.61 Å². The summed E-state index contributed by atoms with van der Waals surface area (Å²) >= 11 is 0. The summed E-state index contributed by atoms with van der Waals surface area (Å²) in [4.78, 5) is 10.5. The van der Waals surface area contributed by atoms with Crippen molar-refractivity contribution in [3.05, 3.63) is 0 Å². The van der Waals surface area contributed by atoms with E-state index in [2.05, 4.69) is 4.74 Å². The third kappa shape index (κ3) is 3.20. The molecule has 0 heterocycles. The summed E-state index contributed by atoms with van der Waals surface area (Å²) in [7, 11) is -0.177. The van der Waals surface area contributed by atoms with Crippen LogP contribution in [0.5, 0.6) is 0 Å². The van der Waals surface area contributed by atoms with Crippen molar-refractivity contribution in [2.24, 2.45) is 0 Å². The maximum atomic E-state index is 10.5. The van der Waals surface area contributed by atoms with Gasteiger partial charge < -0.3 is 4.74 Å². The normalized spacial score (nSPS) is 13.1. The van der Waals surface area contributed by atoms with Crippen LogP contribution in [0, 0.1) is 0 Å². The molecule has 0 rings (SSSR count). The summed E-state index contributed by atoms with van der Waals surface area (Å²) in [6.07, 6.45) is 0. The first-order chi connectivity index (χ1) is 4.22. The Morgan fingerprint density at radius 1 is 1.78 bits per heavy atom. The van der Waals surface area contributed by atoms with Crippen molar-refractivity contribution < 1.29 is 14.1 Å². The first-order valence-corrected chi connectivity index (χ1v) is 3.59. The molecule has 0 radical (unpaired) electrons. The van der Waals surface area contributed by atoms with Gasteiger partial charge in [-0.15, -0.1) is 0 Å². The molecule has 3 nitrogen and oxygen atoms in total. The molecular formula is C5H9O3P. The minimum absolute atomic E-state index is 0.177. The Hall–Kier alpha value is -0.430. The molecular weight excluding hydrogens is 139 g/mol. The Kier molecular flexibility index (Phi) is 4.24. The van der Waals surface area contributed by atoms with Gasteiger partial charge in [0.15, 0.2) is 8.46 Å². The summed E-state index contributed by atoms with van der Waals surface area (Å²) in [5.74, 6) is -0.408. The molecule has 0 aliphatic carbocycles. The van der Waals surface area contributed by atoms with Crippen LogP contribution in [0.15, 0.2) is 0 Å². The van der Waals surface area contributed by atoms with Crippen molar-refractivity contribution in [1.29, 1.82) is 0 Å². The predicted octanol–water partition coefficient (Wildman–Crippen LogP) is 1.23. The average Bonchev–Trinajstić information content (AvgIpc) is 1.87. The first-order valence-electron chi connectivity index (χ1n) is 2.71. The SMILES string of the molecule is CCOC(=O)[C@H](C)P=O. The fraction of sp³-hybridized carbons (Fsp3) is 0.800. The molecule has 0 saturated carbocycles. The van der Waals surface area contributed by atoms with Gasteiger partial charge in [-0.3, -0.25) is 9.36 Å². The zero-order valence-corrected chi connectivity index (χ0v) is 6.35. The van der Waals surface area contributed by atoms with E-state index in [4.69, 9.17) is 0 Å². The number of carbonyl (C=O) groups excluding carboxylic acids is 1. The van der Waals surface area contributed by atoms with E-state index < -0.39 is 11.6 Å². The number of rotatable bonds is 3. The lowest BCUT2D eigenvalue weighted by Crippen LogP contribution is -2.13. The van der Waals surface area contributed by atoms with E-state index in [9.17, 15) is 9.36 Å². The molecule has 0 amide bonds. The minimum atomic E-state index is -0.523. The van der Waals surface area contributed by atoms with Crippen LogP contribution in [0.2, 0.25) is 0 Å². The molecule has 0 saturated heterocycles. The molecule has 0 unspecified atom stereocenters. The van der Waals surface area contributed by atoms with Gasteiger partial charge in [-0.2, -0.15) is 0 Å².